The van der Waals surface area contributed by atoms with E-state index >= 15 is 0 Å². The van der Waals surface area contributed by atoms with Crippen LogP contribution in [0.1, 0.15) is 37.3 Å². The Morgan fingerprint density at radius 2 is 1.86 bits per heavy atom. The summed E-state index contributed by atoms with van der Waals surface area (Å²) in [5.41, 5.74) is 3.61. The third kappa shape index (κ3) is 4.94. The van der Waals surface area contributed by atoms with Crippen LogP contribution in [0, 0.1) is 11.7 Å². The lowest BCUT2D eigenvalue weighted by molar-refractivity contribution is -0.141. The van der Waals surface area contributed by atoms with Crippen LogP contribution in [0.2, 0.25) is 0 Å². The normalized spacial score (nSPS) is 23.2. The number of fused-ring (bicyclic) bond motifs is 1. The number of benzene rings is 2. The van der Waals surface area contributed by atoms with Crippen molar-refractivity contribution in [1.82, 2.24) is 9.80 Å². The number of piperidine rings is 2. The predicted molar refractivity (Wildman–Crippen MR) is 115 cm³/mol. The minimum absolute atomic E-state index is 0.233. The molecule has 4 rings (SSSR count). The summed E-state index contributed by atoms with van der Waals surface area (Å²) >= 11 is 0. The van der Waals surface area contributed by atoms with Crippen LogP contribution in [0.5, 0.6) is 0 Å². The highest BCUT2D eigenvalue weighted by Crippen LogP contribution is 2.32. The molecule has 0 radical (unpaired) electrons. The molecule has 0 spiro atoms. The Kier molecular flexibility index (Phi) is 6.10. The molecule has 1 amide bonds. The topological polar surface area (TPSA) is 23.6 Å². The molecule has 0 aromatic heterocycles. The third-order valence-electron chi connectivity index (χ3n) is 6.18. The number of likely N-dealkylation sites (tertiary alicyclic amines) is 2. The van der Waals surface area contributed by atoms with E-state index in [9.17, 15) is 9.18 Å². The van der Waals surface area contributed by atoms with Gasteiger partial charge in [0.2, 0.25) is 5.91 Å². The van der Waals surface area contributed by atoms with Crippen LogP contribution in [0.3, 0.4) is 0 Å². The first kappa shape index (κ1) is 19.8. The molecule has 2 aliphatic rings. The van der Waals surface area contributed by atoms with Gasteiger partial charge in [-0.25, -0.2) is 4.39 Å². The van der Waals surface area contributed by atoms with E-state index in [2.05, 4.69) is 42.2 Å². The first-order valence-corrected chi connectivity index (χ1v) is 10.6. The molecule has 2 saturated heterocycles. The monoisotopic (exact) mass is 392 g/mol. The zero-order valence-electron chi connectivity index (χ0n) is 17.1. The number of carbonyl (C=O) groups is 1. The second kappa shape index (κ2) is 8.91. The number of hydrogen-bond donors (Lipinski definition) is 0. The van der Waals surface area contributed by atoms with E-state index in [1.807, 2.05) is 11.0 Å². The van der Waals surface area contributed by atoms with Gasteiger partial charge in [0, 0.05) is 38.6 Å². The molecule has 2 aromatic rings. The van der Waals surface area contributed by atoms with Gasteiger partial charge in [0.1, 0.15) is 5.82 Å². The second-order valence-electron chi connectivity index (χ2n) is 8.44. The summed E-state index contributed by atoms with van der Waals surface area (Å²) < 4.78 is 13.2. The molecule has 0 N–H and O–H groups in total. The molecule has 2 atom stereocenters. The Hall–Kier alpha value is -2.46. The molecule has 0 unspecified atom stereocenters. The van der Waals surface area contributed by atoms with E-state index in [1.54, 1.807) is 12.1 Å². The highest BCUT2D eigenvalue weighted by Gasteiger charge is 2.39. The van der Waals surface area contributed by atoms with E-state index < -0.39 is 0 Å². The number of rotatable bonds is 5. The molecule has 2 aromatic carbocycles. The lowest BCUT2D eigenvalue weighted by Gasteiger charge is -2.47. The summed E-state index contributed by atoms with van der Waals surface area (Å²) in [5.74, 6) is 0.527. The summed E-state index contributed by atoms with van der Waals surface area (Å²) in [6.07, 6.45) is 4.87. The quantitative estimate of drug-likeness (QED) is 0.734. The molecular weight excluding hydrogens is 363 g/mol. The minimum atomic E-state index is -0.233. The van der Waals surface area contributed by atoms with E-state index in [-0.39, 0.29) is 11.7 Å². The van der Waals surface area contributed by atoms with E-state index in [1.165, 1.54) is 23.3 Å². The lowest BCUT2D eigenvalue weighted by atomic mass is 9.83. The summed E-state index contributed by atoms with van der Waals surface area (Å²) in [6, 6.07) is 17.3. The maximum absolute atomic E-state index is 13.2. The van der Waals surface area contributed by atoms with Crippen molar-refractivity contribution in [3.05, 3.63) is 77.1 Å². The first-order chi connectivity index (χ1) is 14.1. The summed E-state index contributed by atoms with van der Waals surface area (Å²) in [7, 11) is 0. The zero-order valence-corrected chi connectivity index (χ0v) is 17.1. The van der Waals surface area contributed by atoms with Crippen molar-refractivity contribution in [2.24, 2.45) is 5.92 Å². The van der Waals surface area contributed by atoms with Gasteiger partial charge in [-0.1, -0.05) is 54.1 Å². The van der Waals surface area contributed by atoms with Crippen LogP contribution >= 0.6 is 0 Å². The summed E-state index contributed by atoms with van der Waals surface area (Å²) in [6.45, 7) is 5.81. The number of amides is 1. The largest absolute Gasteiger partial charge is 0.335 e. The summed E-state index contributed by atoms with van der Waals surface area (Å²) in [4.78, 5) is 17.2. The van der Waals surface area contributed by atoms with Crippen molar-refractivity contribution >= 4 is 12.0 Å². The van der Waals surface area contributed by atoms with E-state index in [0.717, 1.165) is 38.0 Å². The fourth-order valence-electron chi connectivity index (χ4n) is 4.79. The van der Waals surface area contributed by atoms with Gasteiger partial charge in [0.25, 0.3) is 0 Å². The van der Waals surface area contributed by atoms with Gasteiger partial charge < -0.3 is 4.90 Å². The SMILES string of the molecule is C/C(=C\c1ccccc1)CN1CC[C@H]2[C@H](CCC(=O)N2Cc2ccc(F)cc2)C1. The maximum Gasteiger partial charge on any atom is 0.223 e. The molecular formula is C25H29FN2O. The molecule has 2 aliphatic heterocycles. The van der Waals surface area contributed by atoms with Crippen molar-refractivity contribution < 1.29 is 9.18 Å². The maximum atomic E-state index is 13.2. The smallest absolute Gasteiger partial charge is 0.223 e. The number of nitrogens with zero attached hydrogens (tertiary/aromatic N) is 2. The van der Waals surface area contributed by atoms with E-state index in [4.69, 9.17) is 0 Å². The third-order valence-corrected chi connectivity index (χ3v) is 6.18. The highest BCUT2D eigenvalue weighted by molar-refractivity contribution is 5.77. The number of hydrogen-bond acceptors (Lipinski definition) is 2. The molecule has 0 saturated carbocycles. The van der Waals surface area contributed by atoms with Crippen LogP contribution in [-0.2, 0) is 11.3 Å². The van der Waals surface area contributed by atoms with Crippen LogP contribution in [0.15, 0.2) is 60.2 Å². The fourth-order valence-corrected chi connectivity index (χ4v) is 4.79. The standard InChI is InChI=1S/C25H29FN2O/c1-19(15-20-5-3-2-4-6-20)16-27-14-13-24-22(18-27)9-12-25(29)28(24)17-21-7-10-23(26)11-8-21/h2-8,10-11,15,22,24H,9,12-14,16-18H2,1H3/b19-15+/t22-,24+/m1/s1. The Morgan fingerprint density at radius 3 is 2.62 bits per heavy atom. The van der Waals surface area contributed by atoms with Gasteiger partial charge in [-0.05, 0) is 48.9 Å². The van der Waals surface area contributed by atoms with Gasteiger partial charge >= 0.3 is 0 Å². The van der Waals surface area contributed by atoms with Gasteiger partial charge in [-0.3, -0.25) is 9.69 Å². The average Bonchev–Trinajstić information content (AvgIpc) is 2.72. The number of halogens is 1. The number of carbonyl (C=O) groups excluding carboxylic acids is 1. The van der Waals surface area contributed by atoms with Crippen molar-refractivity contribution in [3.8, 4) is 0 Å². The average molecular weight is 393 g/mol. The predicted octanol–water partition coefficient (Wildman–Crippen LogP) is 4.74. The van der Waals surface area contributed by atoms with Gasteiger partial charge in [0.15, 0.2) is 0 Å². The van der Waals surface area contributed by atoms with Gasteiger partial charge in [0.05, 0.1) is 0 Å². The summed E-state index contributed by atoms with van der Waals surface area (Å²) in [5, 5.41) is 0. The van der Waals surface area contributed by atoms with E-state index in [0.29, 0.717) is 24.9 Å². The van der Waals surface area contributed by atoms with Crippen LogP contribution in [0.4, 0.5) is 4.39 Å². The Labute approximate surface area is 172 Å². The van der Waals surface area contributed by atoms with Crippen LogP contribution in [0.25, 0.3) is 6.08 Å². The second-order valence-corrected chi connectivity index (χ2v) is 8.44. The molecule has 2 heterocycles. The van der Waals surface area contributed by atoms with Gasteiger partial charge in [-0.15, -0.1) is 0 Å². The van der Waals surface area contributed by atoms with Crippen LogP contribution in [-0.4, -0.2) is 41.4 Å². The van der Waals surface area contributed by atoms with Gasteiger partial charge in [-0.2, -0.15) is 0 Å². The minimum Gasteiger partial charge on any atom is -0.335 e. The zero-order chi connectivity index (χ0) is 20.2. The molecule has 152 valence electrons. The molecule has 29 heavy (non-hydrogen) atoms. The van der Waals surface area contributed by atoms with Crippen molar-refractivity contribution in [3.63, 3.8) is 0 Å². The Bertz CT molecular complexity index is 862. The molecule has 3 nitrogen and oxygen atoms in total. The van der Waals surface area contributed by atoms with Crippen molar-refractivity contribution in [2.45, 2.75) is 38.8 Å². The fraction of sp³-hybridized carbons (Fsp3) is 0.400. The Morgan fingerprint density at radius 1 is 1.10 bits per heavy atom. The molecule has 2 fully saturated rings. The molecule has 4 heteroatoms. The van der Waals surface area contributed by atoms with Crippen LogP contribution < -0.4 is 0 Å². The van der Waals surface area contributed by atoms with Crippen molar-refractivity contribution in [2.75, 3.05) is 19.6 Å². The van der Waals surface area contributed by atoms with Crippen molar-refractivity contribution in [1.29, 1.82) is 0 Å². The molecule has 0 bridgehead atoms. The lowest BCUT2D eigenvalue weighted by Crippen LogP contribution is -2.55. The highest BCUT2D eigenvalue weighted by atomic mass is 19.1. The first-order valence-electron chi connectivity index (χ1n) is 10.6. The molecule has 0 aliphatic carbocycles. The Balaban J connectivity index is 1.39.